The van der Waals surface area contributed by atoms with E-state index in [4.69, 9.17) is 26.1 Å². The number of imidazole rings is 1. The molecule has 7 rings (SSSR count). The molecule has 0 radical (unpaired) electrons. The molecule has 5 fully saturated rings. The zero-order chi connectivity index (χ0) is 28.4. The highest BCUT2D eigenvalue weighted by atomic mass is 35.5. The summed E-state index contributed by atoms with van der Waals surface area (Å²) in [5.74, 6) is 1.79. The predicted molar refractivity (Wildman–Crippen MR) is 145 cm³/mol. The first-order valence-corrected chi connectivity index (χ1v) is 17.6. The smallest absolute Gasteiger partial charge is 0.336 e. The number of fused-ring (bicyclic) bond motifs is 1. The van der Waals surface area contributed by atoms with Crippen LogP contribution < -0.4 is 10.4 Å². The number of rotatable bonds is 10. The van der Waals surface area contributed by atoms with Crippen LogP contribution in [0, 0.1) is 23.2 Å². The molecular weight excluding hydrogens is 586 g/mol. The molecule has 5 aliphatic rings. The van der Waals surface area contributed by atoms with Gasteiger partial charge >= 0.3 is 7.60 Å². The molecule has 40 heavy (non-hydrogen) atoms. The maximum absolute atomic E-state index is 12.1. The minimum Gasteiger partial charge on any atom is -0.387 e. The fourth-order valence-corrected chi connectivity index (χ4v) is 10.9. The Morgan fingerprint density at radius 2 is 1.70 bits per heavy atom. The summed E-state index contributed by atoms with van der Waals surface area (Å²) >= 11 is 6.25. The molecule has 4 aliphatic carbocycles. The first kappa shape index (κ1) is 28.9. The van der Waals surface area contributed by atoms with Crippen molar-refractivity contribution in [3.8, 4) is 0 Å². The predicted octanol–water partition coefficient (Wildman–Crippen LogP) is 2.03. The third-order valence-electron chi connectivity index (χ3n) is 9.03. The molecule has 0 amide bonds. The second-order valence-electron chi connectivity index (χ2n) is 12.2. The van der Waals surface area contributed by atoms with E-state index in [0.29, 0.717) is 23.3 Å². The SMILES string of the molecule is O=P(O)(O)CP(=O)(O)NC[C@H]1O[C@@H](n2cnc3c(NCCC45CC6C[C@H](C4)C[C@H](C6)C5)nc(Cl)nc32)C(O)C1O. The van der Waals surface area contributed by atoms with Gasteiger partial charge in [0, 0.05) is 13.1 Å². The molecule has 4 bridgehead atoms. The lowest BCUT2D eigenvalue weighted by molar-refractivity contribution is -0.0552. The fraction of sp³-hybridized carbons (Fsp3) is 0.783. The molecule has 1 saturated heterocycles. The van der Waals surface area contributed by atoms with Gasteiger partial charge in [0.25, 0.3) is 7.52 Å². The lowest BCUT2D eigenvalue weighted by atomic mass is 9.49. The molecule has 0 aromatic carbocycles. The number of aliphatic hydroxyl groups is 2. The summed E-state index contributed by atoms with van der Waals surface area (Å²) in [5, 5.41) is 26.7. The standard InChI is InChI=1S/C23H35ClN6O8P2/c24-22-28-19(25-2-1-23-6-12-3-13(7-23)5-14(4-12)8-23)16-20(29-22)30(10-26-16)21-18(32)17(31)15(38-21)9-27-39(33,34)11-40(35,36)37/h10,12-15,17-18,21,31-32H,1-9,11H2,(H,25,28,29)(H2,27,33,34)(H2,35,36,37)/t12-,13-,14?,15-,17?,18?,21-,23?/m1/s1. The molecule has 7 N–H and O–H groups in total. The van der Waals surface area contributed by atoms with Crippen molar-refractivity contribution < 1.29 is 38.8 Å². The summed E-state index contributed by atoms with van der Waals surface area (Å²) < 4.78 is 30.4. The van der Waals surface area contributed by atoms with Gasteiger partial charge in [-0.05, 0) is 79.7 Å². The van der Waals surface area contributed by atoms with Crippen LogP contribution in [0.3, 0.4) is 0 Å². The Morgan fingerprint density at radius 3 is 2.33 bits per heavy atom. The summed E-state index contributed by atoms with van der Waals surface area (Å²) in [5.41, 5.74) is 1.08. The zero-order valence-electron chi connectivity index (χ0n) is 21.7. The third-order valence-corrected chi connectivity index (χ3v) is 12.9. The van der Waals surface area contributed by atoms with E-state index in [9.17, 15) is 24.2 Å². The lowest BCUT2D eigenvalue weighted by Crippen LogP contribution is -2.46. The summed E-state index contributed by atoms with van der Waals surface area (Å²) in [6, 6.07) is 0. The van der Waals surface area contributed by atoms with E-state index in [2.05, 4.69) is 25.4 Å². The molecule has 0 spiro atoms. The van der Waals surface area contributed by atoms with Crippen LogP contribution in [0.25, 0.3) is 11.2 Å². The highest BCUT2D eigenvalue weighted by molar-refractivity contribution is 7.71. The fourth-order valence-electron chi connectivity index (χ4n) is 7.90. The van der Waals surface area contributed by atoms with Crippen LogP contribution in [0.4, 0.5) is 5.82 Å². The van der Waals surface area contributed by atoms with Gasteiger partial charge in [-0.2, -0.15) is 9.97 Å². The maximum Gasteiger partial charge on any atom is 0.336 e. The van der Waals surface area contributed by atoms with Crippen LogP contribution >= 0.6 is 26.7 Å². The van der Waals surface area contributed by atoms with Crippen LogP contribution in [-0.2, 0) is 13.9 Å². The van der Waals surface area contributed by atoms with Gasteiger partial charge in [-0.3, -0.25) is 13.7 Å². The minimum absolute atomic E-state index is 0.0311. The summed E-state index contributed by atoms with van der Waals surface area (Å²) in [4.78, 5) is 40.9. The van der Waals surface area contributed by atoms with Crippen molar-refractivity contribution in [3.05, 3.63) is 11.6 Å². The number of aromatic nitrogens is 4. The van der Waals surface area contributed by atoms with Crippen LogP contribution in [-0.4, -0.2) is 81.7 Å². The summed E-state index contributed by atoms with van der Waals surface area (Å²) in [7, 11) is -9.19. The van der Waals surface area contributed by atoms with Gasteiger partial charge in [-0.25, -0.2) is 10.1 Å². The van der Waals surface area contributed by atoms with Crippen molar-refractivity contribution in [1.82, 2.24) is 24.6 Å². The molecule has 2 aromatic heterocycles. The van der Waals surface area contributed by atoms with Gasteiger partial charge in [-0.1, -0.05) is 0 Å². The lowest BCUT2D eigenvalue weighted by Gasteiger charge is -2.57. The summed E-state index contributed by atoms with van der Waals surface area (Å²) in [6.07, 6.45) is 5.26. The monoisotopic (exact) mass is 620 g/mol. The number of aliphatic hydroxyl groups excluding tert-OH is 2. The third kappa shape index (κ3) is 5.86. The average Bonchev–Trinajstić information content (AvgIpc) is 3.36. The van der Waals surface area contributed by atoms with E-state index < -0.39 is 52.1 Å². The number of nitrogens with zero attached hydrogens (tertiary/aromatic N) is 4. The van der Waals surface area contributed by atoms with Gasteiger partial charge in [-0.15, -0.1) is 0 Å². The van der Waals surface area contributed by atoms with Crippen molar-refractivity contribution in [2.45, 2.75) is 69.5 Å². The second-order valence-corrected chi connectivity index (χ2v) is 16.7. The first-order chi connectivity index (χ1) is 18.8. The highest BCUT2D eigenvalue weighted by Crippen LogP contribution is 2.61. The number of hydrogen-bond acceptors (Lipinski definition) is 9. The molecule has 4 saturated carbocycles. The van der Waals surface area contributed by atoms with Crippen LogP contribution in [0.1, 0.15) is 51.2 Å². The molecule has 5 atom stereocenters. The van der Waals surface area contributed by atoms with Crippen molar-refractivity contribution >= 4 is 43.7 Å². The highest BCUT2D eigenvalue weighted by Gasteiger charge is 2.50. The minimum atomic E-state index is -4.76. The molecule has 2 aromatic rings. The average molecular weight is 621 g/mol. The first-order valence-electron chi connectivity index (χ1n) is 13.6. The molecule has 17 heteroatoms. The van der Waals surface area contributed by atoms with Crippen LogP contribution in [0.15, 0.2) is 6.33 Å². The van der Waals surface area contributed by atoms with E-state index in [1.807, 2.05) is 0 Å². The van der Waals surface area contributed by atoms with E-state index in [0.717, 1.165) is 24.2 Å². The van der Waals surface area contributed by atoms with Crippen molar-refractivity contribution in [2.24, 2.45) is 23.2 Å². The quantitative estimate of drug-likeness (QED) is 0.150. The van der Waals surface area contributed by atoms with Crippen molar-refractivity contribution in [3.63, 3.8) is 0 Å². The molecule has 3 unspecified atom stereocenters. The number of hydrogen-bond donors (Lipinski definition) is 7. The van der Waals surface area contributed by atoms with Crippen LogP contribution in [0.5, 0.6) is 0 Å². The van der Waals surface area contributed by atoms with Gasteiger partial charge in [0.2, 0.25) is 5.28 Å². The van der Waals surface area contributed by atoms with Gasteiger partial charge in [0.15, 0.2) is 23.2 Å². The van der Waals surface area contributed by atoms with Crippen molar-refractivity contribution in [2.75, 3.05) is 24.3 Å². The van der Waals surface area contributed by atoms with Gasteiger partial charge in [0.1, 0.15) is 24.2 Å². The largest absolute Gasteiger partial charge is 0.387 e. The van der Waals surface area contributed by atoms with E-state index in [1.54, 1.807) is 0 Å². The Morgan fingerprint density at radius 1 is 1.05 bits per heavy atom. The van der Waals surface area contributed by atoms with Gasteiger partial charge < -0.3 is 34.9 Å². The zero-order valence-corrected chi connectivity index (χ0v) is 24.3. The number of halogens is 1. The topological polar surface area (TPSA) is 212 Å². The molecular formula is C23H35ClN6O8P2. The maximum atomic E-state index is 12.1. The molecule has 1 aliphatic heterocycles. The normalized spacial score (nSPS) is 36.8. The number of anilines is 1. The molecule has 14 nitrogen and oxygen atoms in total. The van der Waals surface area contributed by atoms with Crippen molar-refractivity contribution in [1.29, 1.82) is 0 Å². The Balaban J connectivity index is 1.14. The Kier molecular flexibility index (Phi) is 7.60. The second kappa shape index (κ2) is 10.5. The Hall–Kier alpha value is -1.18. The Labute approximate surface area is 235 Å². The number of ether oxygens (including phenoxy) is 1. The van der Waals surface area contributed by atoms with E-state index >= 15 is 0 Å². The Bertz CT molecular complexity index is 1340. The summed E-state index contributed by atoms with van der Waals surface area (Å²) in [6.45, 7) is 0.272. The van der Waals surface area contributed by atoms with Crippen LogP contribution in [0.2, 0.25) is 5.28 Å². The number of nitrogens with one attached hydrogen (secondary N) is 2. The molecule has 222 valence electrons. The van der Waals surface area contributed by atoms with E-state index in [1.165, 1.54) is 49.4 Å². The van der Waals surface area contributed by atoms with Gasteiger partial charge in [0.05, 0.1) is 6.33 Å². The van der Waals surface area contributed by atoms with E-state index in [-0.39, 0.29) is 10.9 Å². The molecule has 3 heterocycles.